The molecular weight excluding hydrogens is 411 g/mol. The number of nitrogens with one attached hydrogen (secondary N) is 1. The SMILES string of the molecule is CCC1CN(c2cn(S(=O)(=O)c3ccccc3F)c3cccnc23)CCN1.O=CO. The van der Waals surface area contributed by atoms with Crippen LogP contribution in [0.15, 0.2) is 53.7 Å². The fourth-order valence-corrected chi connectivity index (χ4v) is 4.94. The summed E-state index contributed by atoms with van der Waals surface area (Å²) in [6.45, 7) is 4.21. The molecule has 1 saturated heterocycles. The van der Waals surface area contributed by atoms with E-state index in [1.807, 2.05) is 0 Å². The molecule has 1 fully saturated rings. The zero-order valence-corrected chi connectivity index (χ0v) is 17.2. The van der Waals surface area contributed by atoms with E-state index in [1.165, 1.54) is 18.2 Å². The number of benzene rings is 1. The Bertz CT molecular complexity index is 1130. The van der Waals surface area contributed by atoms with Crippen molar-refractivity contribution in [2.75, 3.05) is 24.5 Å². The minimum atomic E-state index is -4.07. The molecule has 2 N–H and O–H groups in total. The molecule has 4 rings (SSSR count). The average Bonchev–Trinajstić information content (AvgIpc) is 3.15. The topological polar surface area (TPSA) is 105 Å². The van der Waals surface area contributed by atoms with Gasteiger partial charge in [0, 0.05) is 38.1 Å². The number of carboxylic acid groups (broad SMARTS) is 1. The maximum absolute atomic E-state index is 14.2. The summed E-state index contributed by atoms with van der Waals surface area (Å²) in [5.74, 6) is -0.766. The lowest BCUT2D eigenvalue weighted by molar-refractivity contribution is -0.122. The third-order valence-electron chi connectivity index (χ3n) is 4.97. The first kappa shape index (κ1) is 21.7. The van der Waals surface area contributed by atoms with Gasteiger partial charge in [0.25, 0.3) is 16.5 Å². The second kappa shape index (κ2) is 9.23. The van der Waals surface area contributed by atoms with Crippen LogP contribution < -0.4 is 10.2 Å². The number of anilines is 1. The fraction of sp³-hybridized carbons (Fsp3) is 0.300. The van der Waals surface area contributed by atoms with E-state index in [2.05, 4.69) is 22.1 Å². The van der Waals surface area contributed by atoms with Crippen LogP contribution in [0.5, 0.6) is 0 Å². The Labute approximate surface area is 174 Å². The second-order valence-corrected chi connectivity index (χ2v) is 8.51. The molecule has 0 bridgehead atoms. The summed E-state index contributed by atoms with van der Waals surface area (Å²) < 4.78 is 41.6. The molecule has 3 aromatic rings. The van der Waals surface area contributed by atoms with Gasteiger partial charge in [0.15, 0.2) is 0 Å². The normalized spacial score (nSPS) is 16.7. The largest absolute Gasteiger partial charge is 0.483 e. The maximum atomic E-state index is 14.2. The number of rotatable bonds is 4. The Morgan fingerprint density at radius 1 is 1.30 bits per heavy atom. The average molecular weight is 434 g/mol. The van der Waals surface area contributed by atoms with Gasteiger partial charge in [-0.25, -0.2) is 16.8 Å². The number of pyridine rings is 1. The monoisotopic (exact) mass is 434 g/mol. The van der Waals surface area contributed by atoms with Crippen molar-refractivity contribution < 1.29 is 22.7 Å². The van der Waals surface area contributed by atoms with E-state index in [-0.39, 0.29) is 11.4 Å². The summed E-state index contributed by atoms with van der Waals surface area (Å²) in [5.41, 5.74) is 1.81. The number of nitrogens with zero attached hydrogens (tertiary/aromatic N) is 3. The third-order valence-corrected chi connectivity index (χ3v) is 6.68. The van der Waals surface area contributed by atoms with E-state index < -0.39 is 15.8 Å². The second-order valence-electron chi connectivity index (χ2n) is 6.73. The van der Waals surface area contributed by atoms with Crippen LogP contribution in [0.25, 0.3) is 11.0 Å². The Morgan fingerprint density at radius 3 is 2.73 bits per heavy atom. The summed E-state index contributed by atoms with van der Waals surface area (Å²) in [6, 6.07) is 9.15. The van der Waals surface area contributed by atoms with Crippen LogP contribution in [0.2, 0.25) is 0 Å². The van der Waals surface area contributed by atoms with E-state index in [0.29, 0.717) is 17.1 Å². The smallest absolute Gasteiger partial charge is 0.290 e. The predicted molar refractivity (Wildman–Crippen MR) is 112 cm³/mol. The molecule has 10 heteroatoms. The van der Waals surface area contributed by atoms with E-state index in [0.717, 1.165) is 41.8 Å². The quantitative estimate of drug-likeness (QED) is 0.607. The number of aromatic nitrogens is 2. The number of fused-ring (bicyclic) bond motifs is 1. The van der Waals surface area contributed by atoms with Crippen LogP contribution in [0.4, 0.5) is 10.1 Å². The van der Waals surface area contributed by atoms with Crippen molar-refractivity contribution in [2.45, 2.75) is 24.3 Å². The minimum Gasteiger partial charge on any atom is -0.483 e. The zero-order chi connectivity index (χ0) is 21.7. The first-order valence-corrected chi connectivity index (χ1v) is 10.9. The number of halogens is 1. The number of piperazine rings is 1. The van der Waals surface area contributed by atoms with Crippen LogP contribution >= 0.6 is 0 Å². The maximum Gasteiger partial charge on any atom is 0.290 e. The highest BCUT2D eigenvalue weighted by Gasteiger charge is 2.27. The molecule has 1 aromatic carbocycles. The van der Waals surface area contributed by atoms with Crippen molar-refractivity contribution in [3.05, 3.63) is 54.6 Å². The summed E-state index contributed by atoms with van der Waals surface area (Å²) in [5, 5.41) is 10.3. The lowest BCUT2D eigenvalue weighted by atomic mass is 10.1. The Hall–Kier alpha value is -2.98. The molecule has 160 valence electrons. The molecule has 3 heterocycles. The van der Waals surface area contributed by atoms with Gasteiger partial charge in [0.2, 0.25) is 0 Å². The van der Waals surface area contributed by atoms with Crippen molar-refractivity contribution in [1.82, 2.24) is 14.3 Å². The van der Waals surface area contributed by atoms with Gasteiger partial charge in [0.05, 0.1) is 11.2 Å². The Kier molecular flexibility index (Phi) is 6.68. The summed E-state index contributed by atoms with van der Waals surface area (Å²) >= 11 is 0. The molecule has 0 amide bonds. The van der Waals surface area contributed by atoms with E-state index in [9.17, 15) is 12.8 Å². The van der Waals surface area contributed by atoms with Gasteiger partial charge in [-0.1, -0.05) is 19.1 Å². The first-order chi connectivity index (χ1) is 14.4. The van der Waals surface area contributed by atoms with Crippen LogP contribution in [0, 0.1) is 5.82 Å². The summed E-state index contributed by atoms with van der Waals surface area (Å²) in [4.78, 5) is 14.6. The Morgan fingerprint density at radius 2 is 2.03 bits per heavy atom. The molecule has 8 nitrogen and oxygen atoms in total. The number of hydrogen-bond donors (Lipinski definition) is 2. The van der Waals surface area contributed by atoms with Gasteiger partial charge in [0.1, 0.15) is 16.2 Å². The standard InChI is InChI=1S/C19H21FN4O2S.CH2O2/c1-2-14-12-23(11-10-21-14)17-13-24(16-7-5-9-22-19(16)17)27(25,26)18-8-4-3-6-15(18)20;2-1-3/h3-9,13-14,21H,2,10-12H2,1H3;1H,(H,2,3). The summed E-state index contributed by atoms with van der Waals surface area (Å²) in [7, 11) is -4.07. The molecule has 0 aliphatic carbocycles. The van der Waals surface area contributed by atoms with Crippen molar-refractivity contribution >= 4 is 33.2 Å². The van der Waals surface area contributed by atoms with E-state index in [4.69, 9.17) is 9.90 Å². The molecule has 0 radical (unpaired) electrons. The fourth-order valence-electron chi connectivity index (χ4n) is 3.52. The van der Waals surface area contributed by atoms with Crippen molar-refractivity contribution in [3.63, 3.8) is 0 Å². The molecule has 30 heavy (non-hydrogen) atoms. The summed E-state index contributed by atoms with van der Waals surface area (Å²) in [6.07, 6.45) is 4.19. The first-order valence-electron chi connectivity index (χ1n) is 9.46. The minimum absolute atomic E-state index is 0.250. The Balaban J connectivity index is 0.000000806. The predicted octanol–water partition coefficient (Wildman–Crippen LogP) is 2.30. The highest BCUT2D eigenvalue weighted by Crippen LogP contribution is 2.31. The molecule has 0 saturated carbocycles. The van der Waals surface area contributed by atoms with Gasteiger partial charge in [-0.15, -0.1) is 0 Å². The van der Waals surface area contributed by atoms with E-state index in [1.54, 1.807) is 24.5 Å². The van der Waals surface area contributed by atoms with Gasteiger partial charge in [-0.05, 0) is 30.7 Å². The molecular formula is C20H23FN4O4S. The molecule has 1 unspecified atom stereocenters. The van der Waals surface area contributed by atoms with Crippen molar-refractivity contribution in [2.24, 2.45) is 0 Å². The zero-order valence-electron chi connectivity index (χ0n) is 16.4. The number of carbonyl (C=O) groups is 1. The third kappa shape index (κ3) is 4.14. The molecule has 0 spiro atoms. The number of hydrogen-bond acceptors (Lipinski definition) is 6. The van der Waals surface area contributed by atoms with Crippen LogP contribution in [-0.4, -0.2) is 54.6 Å². The van der Waals surface area contributed by atoms with Gasteiger partial charge in [-0.2, -0.15) is 0 Å². The molecule has 1 aliphatic rings. The van der Waals surface area contributed by atoms with Crippen LogP contribution in [0.3, 0.4) is 0 Å². The van der Waals surface area contributed by atoms with Crippen molar-refractivity contribution in [1.29, 1.82) is 0 Å². The van der Waals surface area contributed by atoms with Gasteiger partial charge in [-0.3, -0.25) is 9.78 Å². The highest BCUT2D eigenvalue weighted by molar-refractivity contribution is 7.90. The highest BCUT2D eigenvalue weighted by atomic mass is 32.2. The van der Waals surface area contributed by atoms with Crippen LogP contribution in [-0.2, 0) is 14.8 Å². The molecule has 1 aliphatic heterocycles. The van der Waals surface area contributed by atoms with Crippen LogP contribution in [0.1, 0.15) is 13.3 Å². The van der Waals surface area contributed by atoms with E-state index >= 15 is 0 Å². The molecule has 2 aromatic heterocycles. The lowest BCUT2D eigenvalue weighted by Crippen LogP contribution is -2.50. The van der Waals surface area contributed by atoms with Gasteiger partial charge < -0.3 is 15.3 Å². The molecule has 1 atom stereocenters. The van der Waals surface area contributed by atoms with Gasteiger partial charge >= 0.3 is 0 Å². The lowest BCUT2D eigenvalue weighted by Gasteiger charge is -2.34. The van der Waals surface area contributed by atoms with Crippen molar-refractivity contribution in [3.8, 4) is 0 Å².